The molecule has 0 aliphatic carbocycles. The summed E-state index contributed by atoms with van der Waals surface area (Å²) in [5.41, 5.74) is 0.531. The third-order valence-corrected chi connectivity index (χ3v) is 4.36. The van der Waals surface area contributed by atoms with Crippen LogP contribution in [0.5, 0.6) is 0 Å². The number of benzene rings is 1. The summed E-state index contributed by atoms with van der Waals surface area (Å²) in [6.45, 7) is 1.63. The van der Waals surface area contributed by atoms with Gasteiger partial charge in [-0.3, -0.25) is 0 Å². The van der Waals surface area contributed by atoms with Crippen molar-refractivity contribution >= 4 is 47.3 Å². The molecular weight excluding hydrogens is 299 g/mol. The molecule has 0 aromatic heterocycles. The number of rotatable bonds is 1. The van der Waals surface area contributed by atoms with Crippen molar-refractivity contribution in [3.63, 3.8) is 0 Å². The van der Waals surface area contributed by atoms with Crippen LogP contribution in [0.3, 0.4) is 0 Å². The van der Waals surface area contributed by atoms with Crippen LogP contribution >= 0.6 is 38.2 Å². The summed E-state index contributed by atoms with van der Waals surface area (Å²) in [6, 6.07) is 3.30. The molecule has 0 saturated heterocycles. The van der Waals surface area contributed by atoms with Crippen molar-refractivity contribution in [3.05, 3.63) is 27.2 Å². The zero-order chi connectivity index (χ0) is 10.2. The summed E-state index contributed by atoms with van der Waals surface area (Å²) in [5, 5.41) is 0.120. The third-order valence-electron chi connectivity index (χ3n) is 1.49. The first-order valence-electron chi connectivity index (χ1n) is 3.23. The fraction of sp³-hybridized carbons (Fsp3) is 0.143. The van der Waals surface area contributed by atoms with Crippen LogP contribution in [0.15, 0.2) is 21.5 Å². The fourth-order valence-corrected chi connectivity index (χ4v) is 3.40. The van der Waals surface area contributed by atoms with E-state index >= 15 is 0 Å². The molecule has 0 aliphatic rings. The minimum Gasteiger partial charge on any atom is -0.207 e. The highest BCUT2D eigenvalue weighted by Crippen LogP contribution is 2.33. The molecule has 6 heteroatoms. The quantitative estimate of drug-likeness (QED) is 0.746. The van der Waals surface area contributed by atoms with E-state index in [0.29, 0.717) is 10.0 Å². The average Bonchev–Trinajstić information content (AvgIpc) is 1.95. The van der Waals surface area contributed by atoms with Gasteiger partial charge in [0.2, 0.25) is 0 Å². The Morgan fingerprint density at radius 2 is 1.92 bits per heavy atom. The Bertz CT molecular complexity index is 442. The molecule has 1 aromatic rings. The van der Waals surface area contributed by atoms with Gasteiger partial charge in [-0.05, 0) is 34.5 Å². The largest absolute Gasteiger partial charge is 0.263 e. The van der Waals surface area contributed by atoms with Crippen molar-refractivity contribution in [3.8, 4) is 0 Å². The Morgan fingerprint density at radius 1 is 1.38 bits per heavy atom. The van der Waals surface area contributed by atoms with Crippen molar-refractivity contribution in [2.45, 2.75) is 11.8 Å². The molecule has 0 atom stereocenters. The lowest BCUT2D eigenvalue weighted by Gasteiger charge is -2.05. The Morgan fingerprint density at radius 3 is 2.31 bits per heavy atom. The van der Waals surface area contributed by atoms with Gasteiger partial charge < -0.3 is 0 Å². The van der Waals surface area contributed by atoms with Gasteiger partial charge in [0.15, 0.2) is 0 Å². The first-order valence-corrected chi connectivity index (χ1v) is 6.71. The second-order valence-electron chi connectivity index (χ2n) is 2.45. The highest BCUT2D eigenvalue weighted by Gasteiger charge is 2.19. The van der Waals surface area contributed by atoms with E-state index < -0.39 is 9.05 Å². The maximum Gasteiger partial charge on any atom is 0.263 e. The normalized spacial score (nSPS) is 11.7. The van der Waals surface area contributed by atoms with Crippen LogP contribution in [0.2, 0.25) is 5.02 Å². The van der Waals surface area contributed by atoms with Gasteiger partial charge in [-0.15, -0.1) is 0 Å². The zero-order valence-corrected chi connectivity index (χ0v) is 10.4. The molecule has 0 fully saturated rings. The Kier molecular flexibility index (Phi) is 3.28. The molecule has 72 valence electrons. The first kappa shape index (κ1) is 11.3. The maximum atomic E-state index is 11.1. The molecule has 0 amide bonds. The lowest BCUT2D eigenvalue weighted by Crippen LogP contribution is -1.96. The standard InChI is InChI=1S/C7H5BrCl2O2S/c1-4-2-3-5(8)6(9)7(4)13(10,11)12/h2-3H,1H3. The van der Waals surface area contributed by atoms with Crippen molar-refractivity contribution in [2.24, 2.45) is 0 Å². The molecule has 0 radical (unpaired) electrons. The van der Waals surface area contributed by atoms with Gasteiger partial charge in [-0.2, -0.15) is 0 Å². The van der Waals surface area contributed by atoms with Crippen molar-refractivity contribution in [1.29, 1.82) is 0 Å². The predicted molar refractivity (Wildman–Crippen MR) is 56.9 cm³/mol. The van der Waals surface area contributed by atoms with E-state index in [0.717, 1.165) is 0 Å². The monoisotopic (exact) mass is 302 g/mol. The highest BCUT2D eigenvalue weighted by atomic mass is 79.9. The van der Waals surface area contributed by atoms with Gasteiger partial charge in [0.25, 0.3) is 9.05 Å². The van der Waals surface area contributed by atoms with Crippen LogP contribution in [0.4, 0.5) is 0 Å². The Labute approximate surface area is 94.4 Å². The molecule has 2 nitrogen and oxygen atoms in total. The van der Waals surface area contributed by atoms with Crippen LogP contribution in [-0.2, 0) is 9.05 Å². The summed E-state index contributed by atoms with van der Waals surface area (Å²) in [6.07, 6.45) is 0. The number of aryl methyl sites for hydroxylation is 1. The van der Waals surface area contributed by atoms with Crippen LogP contribution < -0.4 is 0 Å². The molecule has 0 bridgehead atoms. The molecule has 13 heavy (non-hydrogen) atoms. The van der Waals surface area contributed by atoms with E-state index in [-0.39, 0.29) is 9.92 Å². The second-order valence-corrected chi connectivity index (χ2v) is 6.18. The van der Waals surface area contributed by atoms with E-state index in [2.05, 4.69) is 15.9 Å². The molecular formula is C7H5BrCl2O2S. The molecule has 0 N–H and O–H groups in total. The summed E-state index contributed by atoms with van der Waals surface area (Å²) >= 11 is 8.89. The van der Waals surface area contributed by atoms with Gasteiger partial charge in [0.05, 0.1) is 5.02 Å². The van der Waals surface area contributed by atoms with Crippen LogP contribution in [0.1, 0.15) is 5.56 Å². The molecule has 0 saturated carbocycles. The maximum absolute atomic E-state index is 11.1. The van der Waals surface area contributed by atoms with E-state index in [1.807, 2.05) is 0 Å². The smallest absolute Gasteiger partial charge is 0.207 e. The van der Waals surface area contributed by atoms with Crippen LogP contribution in [0, 0.1) is 6.92 Å². The number of halogens is 3. The molecule has 0 spiro atoms. The average molecular weight is 304 g/mol. The topological polar surface area (TPSA) is 34.1 Å². The third kappa shape index (κ3) is 2.37. The van der Waals surface area contributed by atoms with Gasteiger partial charge in [-0.25, -0.2) is 8.42 Å². The van der Waals surface area contributed by atoms with Crippen LogP contribution in [-0.4, -0.2) is 8.42 Å². The molecule has 0 heterocycles. The molecule has 1 rings (SSSR count). The van der Waals surface area contributed by atoms with Crippen molar-refractivity contribution in [2.75, 3.05) is 0 Å². The fourth-order valence-electron chi connectivity index (χ4n) is 0.928. The van der Waals surface area contributed by atoms with E-state index in [1.165, 1.54) is 0 Å². The van der Waals surface area contributed by atoms with Crippen molar-refractivity contribution in [1.82, 2.24) is 0 Å². The predicted octanol–water partition coefficient (Wildman–Crippen LogP) is 3.34. The zero-order valence-electron chi connectivity index (χ0n) is 6.51. The van der Waals surface area contributed by atoms with Crippen molar-refractivity contribution < 1.29 is 8.42 Å². The van der Waals surface area contributed by atoms with Crippen LogP contribution in [0.25, 0.3) is 0 Å². The lowest BCUT2D eigenvalue weighted by atomic mass is 10.2. The van der Waals surface area contributed by atoms with E-state index in [4.69, 9.17) is 22.3 Å². The second kappa shape index (κ2) is 3.77. The van der Waals surface area contributed by atoms with Gasteiger partial charge in [-0.1, -0.05) is 17.7 Å². The van der Waals surface area contributed by atoms with Gasteiger partial charge >= 0.3 is 0 Å². The number of hydrogen-bond donors (Lipinski definition) is 0. The molecule has 0 aliphatic heterocycles. The minimum absolute atomic E-state index is 0.0368. The van der Waals surface area contributed by atoms with Gasteiger partial charge in [0, 0.05) is 15.2 Å². The summed E-state index contributed by atoms with van der Waals surface area (Å²) in [7, 11) is 1.43. The molecule has 0 unspecified atom stereocenters. The van der Waals surface area contributed by atoms with Gasteiger partial charge in [0.1, 0.15) is 4.90 Å². The minimum atomic E-state index is -3.78. The Balaban J connectivity index is 3.62. The summed E-state index contributed by atoms with van der Waals surface area (Å²) in [5.74, 6) is 0. The molecule has 1 aromatic carbocycles. The Hall–Kier alpha value is 0.230. The number of hydrogen-bond acceptors (Lipinski definition) is 2. The first-order chi connectivity index (χ1) is 5.84. The lowest BCUT2D eigenvalue weighted by molar-refractivity contribution is 0.609. The SMILES string of the molecule is Cc1ccc(Br)c(Cl)c1S(=O)(=O)Cl. The highest BCUT2D eigenvalue weighted by molar-refractivity contribution is 9.10. The summed E-state index contributed by atoms with van der Waals surface area (Å²) in [4.78, 5) is -0.0368. The van der Waals surface area contributed by atoms with E-state index in [1.54, 1.807) is 19.1 Å². The van der Waals surface area contributed by atoms with E-state index in [9.17, 15) is 8.42 Å². The summed E-state index contributed by atoms with van der Waals surface area (Å²) < 4.78 is 22.7.